The molecule has 3 atom stereocenters. The molecule has 0 aromatic carbocycles. The second-order valence-corrected chi connectivity index (χ2v) is 10.4. The number of carbonyl (C=O) groups excluding carboxylic acids is 3. The number of β-lactam (4-membered cyclic amide) rings is 1. The van der Waals surface area contributed by atoms with Crippen LogP contribution in [0.15, 0.2) is 11.4 Å². The monoisotopic (exact) mass is 532 g/mol. The van der Waals surface area contributed by atoms with Crippen LogP contribution < -0.4 is 26.0 Å². The van der Waals surface area contributed by atoms with Crippen LogP contribution in [0.1, 0.15) is 10.6 Å². The van der Waals surface area contributed by atoms with E-state index in [4.69, 9.17) is 10.6 Å². The van der Waals surface area contributed by atoms with Crippen molar-refractivity contribution in [2.45, 2.75) is 24.6 Å². The molecule has 2 fully saturated rings. The fourth-order valence-electron chi connectivity index (χ4n) is 3.14. The van der Waals surface area contributed by atoms with Crippen molar-refractivity contribution in [3.05, 3.63) is 22.0 Å². The maximum absolute atomic E-state index is 13.0. The normalized spacial score (nSPS) is 24.0. The number of nitrogen functional groups attached to an aromatic ring is 1. The standard InChI is InChI=1S/C15H16N8O8S3/c1-5-2-8(19-33-5)20-34(29,30)21-14(28)23-3-6(10(23)24)17-12(27)15(7-4-32-13(16)18-7)9(11(25)26)31-22-15/h2,4,6,9,22H,3H2,1H3,(H2,16,18)(H,17,27)(H,19,20)(H,21,28)(H,25,26)/t6?,9-,15?/m1/s1. The van der Waals surface area contributed by atoms with Gasteiger partial charge in [-0.1, -0.05) is 0 Å². The lowest BCUT2D eigenvalue weighted by molar-refractivity contribution is -0.235. The first kappa shape index (κ1) is 23.8. The Balaban J connectivity index is 1.39. The molecule has 2 saturated heterocycles. The Bertz CT molecular complexity index is 1290. The van der Waals surface area contributed by atoms with Gasteiger partial charge in [-0.25, -0.2) is 24.0 Å². The third kappa shape index (κ3) is 4.14. The number of nitrogens with zero attached hydrogens (tertiary/aromatic N) is 3. The molecule has 2 aliphatic heterocycles. The first-order chi connectivity index (χ1) is 15.9. The zero-order valence-electron chi connectivity index (χ0n) is 17.0. The molecule has 0 bridgehead atoms. The Kier molecular flexibility index (Phi) is 5.89. The van der Waals surface area contributed by atoms with Gasteiger partial charge in [0.1, 0.15) is 6.04 Å². The van der Waals surface area contributed by atoms with Gasteiger partial charge < -0.3 is 16.2 Å². The first-order valence-corrected chi connectivity index (χ1v) is 12.3. The minimum Gasteiger partial charge on any atom is -0.479 e. The van der Waals surface area contributed by atoms with Crippen LogP contribution in [0.4, 0.5) is 15.7 Å². The number of likely N-dealkylation sites (tertiary alicyclic amines) is 1. The molecule has 4 amide bonds. The number of nitrogens with two attached hydrogens (primary N) is 1. The molecule has 0 saturated carbocycles. The number of aryl methyl sites for hydroxylation is 1. The van der Waals surface area contributed by atoms with Crippen molar-refractivity contribution in [3.63, 3.8) is 0 Å². The third-order valence-electron chi connectivity index (χ3n) is 4.81. The number of thiazole rings is 1. The number of hydrogen-bond acceptors (Lipinski definition) is 13. The molecule has 2 aromatic heterocycles. The summed E-state index contributed by atoms with van der Waals surface area (Å²) in [5.41, 5.74) is 5.88. The highest BCUT2D eigenvalue weighted by atomic mass is 32.2. The van der Waals surface area contributed by atoms with Crippen molar-refractivity contribution < 1.29 is 37.5 Å². The van der Waals surface area contributed by atoms with Crippen molar-refractivity contribution in [3.8, 4) is 0 Å². The second-order valence-electron chi connectivity index (χ2n) is 7.13. The lowest BCUT2D eigenvalue weighted by Crippen LogP contribution is -2.76. The van der Waals surface area contributed by atoms with Crippen molar-refractivity contribution in [1.82, 2.24) is 29.8 Å². The van der Waals surface area contributed by atoms with Crippen LogP contribution in [-0.4, -0.2) is 70.3 Å². The number of urea groups is 1. The zero-order valence-corrected chi connectivity index (χ0v) is 19.4. The van der Waals surface area contributed by atoms with Crippen LogP contribution in [0, 0.1) is 6.92 Å². The van der Waals surface area contributed by atoms with E-state index >= 15 is 0 Å². The molecular weight excluding hydrogens is 516 g/mol. The Morgan fingerprint density at radius 2 is 2.15 bits per heavy atom. The molecule has 0 radical (unpaired) electrons. The number of aromatic nitrogens is 2. The van der Waals surface area contributed by atoms with Gasteiger partial charge in [-0.05, 0) is 24.5 Å². The lowest BCUT2D eigenvalue weighted by atomic mass is 9.85. The number of anilines is 2. The highest BCUT2D eigenvalue weighted by molar-refractivity contribution is 7.91. The number of hydroxylamine groups is 1. The van der Waals surface area contributed by atoms with Crippen LogP contribution >= 0.6 is 22.9 Å². The number of rotatable bonds is 7. The van der Waals surface area contributed by atoms with E-state index in [0.717, 1.165) is 27.7 Å². The number of carboxylic acids is 1. The van der Waals surface area contributed by atoms with E-state index in [1.54, 1.807) is 11.6 Å². The molecule has 0 spiro atoms. The summed E-state index contributed by atoms with van der Waals surface area (Å²) in [7, 11) is -4.37. The average molecular weight is 533 g/mol. The molecule has 2 aromatic rings. The Morgan fingerprint density at radius 3 is 2.65 bits per heavy atom. The van der Waals surface area contributed by atoms with Crippen molar-refractivity contribution in [1.29, 1.82) is 0 Å². The zero-order chi connectivity index (χ0) is 24.8. The van der Waals surface area contributed by atoms with Crippen molar-refractivity contribution in [2.75, 3.05) is 17.0 Å². The van der Waals surface area contributed by atoms with Crippen LogP contribution in [0.2, 0.25) is 0 Å². The average Bonchev–Trinajstić information content (AvgIpc) is 3.30. The third-order valence-corrected chi connectivity index (χ3v) is 7.10. The molecule has 2 aliphatic rings. The predicted molar refractivity (Wildman–Crippen MR) is 115 cm³/mol. The Labute approximate surface area is 198 Å². The van der Waals surface area contributed by atoms with Crippen LogP contribution in [0.25, 0.3) is 0 Å². The molecule has 34 heavy (non-hydrogen) atoms. The van der Waals surface area contributed by atoms with E-state index in [9.17, 15) is 32.7 Å². The van der Waals surface area contributed by atoms with E-state index in [2.05, 4.69) is 20.2 Å². The summed E-state index contributed by atoms with van der Waals surface area (Å²) in [6, 6.07) is -1.02. The molecule has 182 valence electrons. The van der Waals surface area contributed by atoms with Gasteiger partial charge in [0, 0.05) is 10.3 Å². The van der Waals surface area contributed by atoms with E-state index < -0.39 is 51.7 Å². The first-order valence-electron chi connectivity index (χ1n) is 9.20. The Morgan fingerprint density at radius 1 is 1.41 bits per heavy atom. The SMILES string of the molecule is Cc1cc(NS(=O)(=O)NC(=O)N2CC(NC(=O)C3(c4csc(N)n4)NO[C@@H]3C(=O)O)C2=O)ns1. The maximum atomic E-state index is 13.0. The van der Waals surface area contributed by atoms with Gasteiger partial charge >= 0.3 is 22.2 Å². The minimum atomic E-state index is -4.37. The highest BCUT2D eigenvalue weighted by Crippen LogP contribution is 2.36. The largest absolute Gasteiger partial charge is 0.479 e. The van der Waals surface area contributed by atoms with Gasteiger partial charge in [0.2, 0.25) is 11.6 Å². The Hall–Kier alpha value is -3.39. The number of aliphatic carboxylic acids is 1. The molecule has 4 rings (SSSR count). The van der Waals surface area contributed by atoms with E-state index in [1.807, 2.05) is 4.72 Å². The summed E-state index contributed by atoms with van der Waals surface area (Å²) in [6.45, 7) is 1.34. The highest BCUT2D eigenvalue weighted by Gasteiger charge is 2.62. The molecule has 4 heterocycles. The van der Waals surface area contributed by atoms with E-state index in [0.29, 0.717) is 4.90 Å². The van der Waals surface area contributed by atoms with Crippen LogP contribution in [0.3, 0.4) is 0 Å². The quantitative estimate of drug-likeness (QED) is 0.214. The number of carbonyl (C=O) groups is 4. The molecule has 16 nitrogen and oxygen atoms in total. The van der Waals surface area contributed by atoms with Crippen molar-refractivity contribution >= 4 is 67.8 Å². The molecule has 2 unspecified atom stereocenters. The predicted octanol–water partition coefficient (Wildman–Crippen LogP) is -1.93. The smallest absolute Gasteiger partial charge is 0.339 e. The second kappa shape index (κ2) is 8.43. The van der Waals surface area contributed by atoms with E-state index in [1.165, 1.54) is 11.4 Å². The summed E-state index contributed by atoms with van der Waals surface area (Å²) < 4.78 is 31.7. The van der Waals surface area contributed by atoms with Gasteiger partial charge in [0.15, 0.2) is 10.9 Å². The molecule has 7 N–H and O–H groups in total. The van der Waals surface area contributed by atoms with Crippen molar-refractivity contribution in [2.24, 2.45) is 0 Å². The summed E-state index contributed by atoms with van der Waals surface area (Å²) in [4.78, 5) is 59.1. The molecule has 0 aliphatic carbocycles. The minimum absolute atomic E-state index is 0.000877. The van der Waals surface area contributed by atoms with Gasteiger partial charge in [0.25, 0.3) is 11.8 Å². The maximum Gasteiger partial charge on any atom is 0.339 e. The molecule has 19 heteroatoms. The van der Waals surface area contributed by atoms with Crippen LogP contribution in [-0.2, 0) is 35.0 Å². The number of nitrogens with one attached hydrogen (secondary N) is 4. The topological polar surface area (TPSA) is 235 Å². The van der Waals surface area contributed by atoms with Gasteiger partial charge in [0.05, 0.1) is 12.2 Å². The van der Waals surface area contributed by atoms with Gasteiger partial charge in [-0.3, -0.25) is 19.3 Å². The number of imide groups is 1. The fraction of sp³-hybridized carbons (Fsp3) is 0.333. The number of amides is 4. The fourth-order valence-corrected chi connectivity index (χ4v) is 5.10. The van der Waals surface area contributed by atoms with Gasteiger partial charge in [-0.15, -0.1) is 11.3 Å². The molecular formula is C15H16N8O8S3. The summed E-state index contributed by atoms with van der Waals surface area (Å²) in [5, 5.41) is 13.1. The van der Waals surface area contributed by atoms with Crippen LogP contribution in [0.5, 0.6) is 0 Å². The lowest BCUT2D eigenvalue weighted by Gasteiger charge is -2.46. The number of carboxylic acid groups (broad SMARTS) is 1. The summed E-state index contributed by atoms with van der Waals surface area (Å²) >= 11 is 2.01. The summed E-state index contributed by atoms with van der Waals surface area (Å²) in [5.74, 6) is -3.33. The van der Waals surface area contributed by atoms with E-state index in [-0.39, 0.29) is 23.2 Å². The number of hydrogen-bond donors (Lipinski definition) is 6. The van der Waals surface area contributed by atoms with Gasteiger partial charge in [-0.2, -0.15) is 18.3 Å². The summed E-state index contributed by atoms with van der Waals surface area (Å²) in [6.07, 6.45) is -1.66.